The standard InChI is InChI=1S/C19H27N3S/c20-17(13-14-9-11-22-12-10-14)5-8-19(21)23-18-6-3-16(4-7-18)15-1-2-15/h3-8,14-15,22H,1-2,9-13,20-21H2/b17-5-,19-8+. The smallest absolute Gasteiger partial charge is 0.0704 e. The van der Waals surface area contributed by atoms with Crippen molar-refractivity contribution in [3.63, 3.8) is 0 Å². The van der Waals surface area contributed by atoms with Crippen LogP contribution in [0.5, 0.6) is 0 Å². The van der Waals surface area contributed by atoms with Gasteiger partial charge in [-0.3, -0.25) is 0 Å². The lowest BCUT2D eigenvalue weighted by atomic mass is 9.93. The molecule has 1 aliphatic carbocycles. The van der Waals surface area contributed by atoms with Gasteiger partial charge in [0.05, 0.1) is 5.03 Å². The molecule has 4 heteroatoms. The summed E-state index contributed by atoms with van der Waals surface area (Å²) < 4.78 is 0. The molecule has 0 amide bonds. The number of nitrogens with two attached hydrogens (primary N) is 2. The molecule has 0 unspecified atom stereocenters. The van der Waals surface area contributed by atoms with E-state index in [9.17, 15) is 0 Å². The average Bonchev–Trinajstić information content (AvgIpc) is 3.40. The quantitative estimate of drug-likeness (QED) is 0.550. The van der Waals surface area contributed by atoms with Crippen LogP contribution in [0, 0.1) is 5.92 Å². The van der Waals surface area contributed by atoms with E-state index in [1.165, 1.54) is 36.1 Å². The van der Waals surface area contributed by atoms with Crippen LogP contribution in [0.25, 0.3) is 0 Å². The molecule has 2 fully saturated rings. The zero-order chi connectivity index (χ0) is 16.1. The number of hydrogen-bond acceptors (Lipinski definition) is 4. The highest BCUT2D eigenvalue weighted by molar-refractivity contribution is 8.03. The number of rotatable bonds is 6. The molecule has 0 bridgehead atoms. The monoisotopic (exact) mass is 329 g/mol. The number of thioether (sulfide) groups is 1. The molecule has 2 aliphatic rings. The van der Waals surface area contributed by atoms with Crippen LogP contribution in [0.1, 0.15) is 43.6 Å². The normalized spacial score (nSPS) is 20.7. The summed E-state index contributed by atoms with van der Waals surface area (Å²) in [7, 11) is 0. The summed E-state index contributed by atoms with van der Waals surface area (Å²) in [5.74, 6) is 1.52. The number of nitrogens with one attached hydrogen (secondary N) is 1. The Morgan fingerprint density at radius 3 is 2.39 bits per heavy atom. The Bertz CT molecular complexity index is 567. The summed E-state index contributed by atoms with van der Waals surface area (Å²) in [4.78, 5) is 1.19. The highest BCUT2D eigenvalue weighted by Gasteiger charge is 2.22. The zero-order valence-corrected chi connectivity index (χ0v) is 14.4. The lowest BCUT2D eigenvalue weighted by molar-refractivity contribution is 0.371. The first kappa shape index (κ1) is 16.5. The summed E-state index contributed by atoms with van der Waals surface area (Å²) in [6.07, 6.45) is 10.0. The lowest BCUT2D eigenvalue weighted by Gasteiger charge is -2.22. The number of hydrogen-bond donors (Lipinski definition) is 3. The van der Waals surface area contributed by atoms with Crippen LogP contribution < -0.4 is 16.8 Å². The van der Waals surface area contributed by atoms with Crippen LogP contribution in [-0.2, 0) is 0 Å². The fourth-order valence-corrected chi connectivity index (χ4v) is 3.75. The number of benzene rings is 1. The molecule has 3 rings (SSSR count). The summed E-state index contributed by atoms with van der Waals surface area (Å²) in [6.45, 7) is 2.23. The van der Waals surface area contributed by atoms with Gasteiger partial charge in [-0.25, -0.2) is 0 Å². The van der Waals surface area contributed by atoms with Crippen LogP contribution >= 0.6 is 11.8 Å². The van der Waals surface area contributed by atoms with Gasteiger partial charge in [0.25, 0.3) is 0 Å². The molecule has 124 valence electrons. The molecule has 0 spiro atoms. The van der Waals surface area contributed by atoms with Crippen LogP contribution in [0.3, 0.4) is 0 Å². The Morgan fingerprint density at radius 2 is 1.74 bits per heavy atom. The van der Waals surface area contributed by atoms with E-state index in [0.717, 1.165) is 36.2 Å². The van der Waals surface area contributed by atoms with Gasteiger partial charge in [0.15, 0.2) is 0 Å². The van der Waals surface area contributed by atoms with E-state index in [4.69, 9.17) is 11.5 Å². The fraction of sp³-hybridized carbons (Fsp3) is 0.474. The molecule has 1 aromatic rings. The maximum absolute atomic E-state index is 6.14. The maximum Gasteiger partial charge on any atom is 0.0704 e. The predicted molar refractivity (Wildman–Crippen MR) is 99.0 cm³/mol. The summed E-state index contributed by atoms with van der Waals surface area (Å²) in [5, 5.41) is 4.17. The minimum Gasteiger partial charge on any atom is -0.402 e. The van der Waals surface area contributed by atoms with Gasteiger partial charge >= 0.3 is 0 Å². The second kappa shape index (κ2) is 7.93. The molecule has 1 aliphatic heterocycles. The molecule has 1 saturated carbocycles. The van der Waals surface area contributed by atoms with E-state index < -0.39 is 0 Å². The third kappa shape index (κ3) is 5.33. The van der Waals surface area contributed by atoms with Gasteiger partial charge in [0.1, 0.15) is 0 Å². The van der Waals surface area contributed by atoms with E-state index in [1.54, 1.807) is 11.8 Å². The van der Waals surface area contributed by atoms with Crippen molar-refractivity contribution in [2.45, 2.75) is 42.9 Å². The molecule has 23 heavy (non-hydrogen) atoms. The Labute approximate surface area is 143 Å². The van der Waals surface area contributed by atoms with Gasteiger partial charge < -0.3 is 16.8 Å². The highest BCUT2D eigenvalue weighted by atomic mass is 32.2. The van der Waals surface area contributed by atoms with Crippen LogP contribution in [0.2, 0.25) is 0 Å². The molecule has 0 atom stereocenters. The predicted octanol–water partition coefficient (Wildman–Crippen LogP) is 3.69. The minimum absolute atomic E-state index is 0.713. The molecule has 0 aromatic heterocycles. The van der Waals surface area contributed by atoms with Crippen molar-refractivity contribution >= 4 is 11.8 Å². The average molecular weight is 330 g/mol. The Hall–Kier alpha value is -1.39. The second-order valence-corrected chi connectivity index (χ2v) is 7.80. The van der Waals surface area contributed by atoms with E-state index in [-0.39, 0.29) is 0 Å². The van der Waals surface area contributed by atoms with Crippen molar-refractivity contribution in [3.05, 3.63) is 52.7 Å². The van der Waals surface area contributed by atoms with Gasteiger partial charge in [-0.05, 0) is 86.9 Å². The van der Waals surface area contributed by atoms with Gasteiger partial charge in [0, 0.05) is 10.6 Å². The zero-order valence-electron chi connectivity index (χ0n) is 13.6. The number of piperidine rings is 1. The van der Waals surface area contributed by atoms with E-state index in [1.807, 2.05) is 12.2 Å². The third-order valence-electron chi connectivity index (χ3n) is 4.61. The van der Waals surface area contributed by atoms with Crippen molar-refractivity contribution in [2.24, 2.45) is 17.4 Å². The van der Waals surface area contributed by atoms with Crippen molar-refractivity contribution in [1.82, 2.24) is 5.32 Å². The van der Waals surface area contributed by atoms with Crippen molar-refractivity contribution in [3.8, 4) is 0 Å². The molecular formula is C19H27N3S. The minimum atomic E-state index is 0.713. The summed E-state index contributed by atoms with van der Waals surface area (Å²) in [6, 6.07) is 8.80. The van der Waals surface area contributed by atoms with Gasteiger partial charge in [-0.1, -0.05) is 23.9 Å². The first-order valence-electron chi connectivity index (χ1n) is 8.61. The van der Waals surface area contributed by atoms with Gasteiger partial charge in [0.2, 0.25) is 0 Å². The van der Waals surface area contributed by atoms with Crippen molar-refractivity contribution in [1.29, 1.82) is 0 Å². The highest BCUT2D eigenvalue weighted by Crippen LogP contribution is 2.40. The van der Waals surface area contributed by atoms with Gasteiger partial charge in [-0.15, -0.1) is 0 Å². The molecule has 3 nitrogen and oxygen atoms in total. The van der Waals surface area contributed by atoms with E-state index >= 15 is 0 Å². The van der Waals surface area contributed by atoms with E-state index in [0.29, 0.717) is 5.92 Å². The van der Waals surface area contributed by atoms with Crippen molar-refractivity contribution < 1.29 is 0 Å². The topological polar surface area (TPSA) is 64.1 Å². The molecule has 1 saturated heterocycles. The Morgan fingerprint density at radius 1 is 1.04 bits per heavy atom. The third-order valence-corrected chi connectivity index (χ3v) is 5.49. The molecule has 5 N–H and O–H groups in total. The van der Waals surface area contributed by atoms with E-state index in [2.05, 4.69) is 29.6 Å². The van der Waals surface area contributed by atoms with Crippen LogP contribution in [0.4, 0.5) is 0 Å². The Kier molecular flexibility index (Phi) is 5.68. The number of allylic oxidation sites excluding steroid dienone is 3. The molecule has 1 aromatic carbocycles. The van der Waals surface area contributed by atoms with Crippen LogP contribution in [0.15, 0.2) is 52.0 Å². The largest absolute Gasteiger partial charge is 0.402 e. The lowest BCUT2D eigenvalue weighted by Crippen LogP contribution is -2.28. The fourth-order valence-electron chi connectivity index (χ4n) is 3.07. The molecular weight excluding hydrogens is 302 g/mol. The first-order valence-corrected chi connectivity index (χ1v) is 9.42. The summed E-state index contributed by atoms with van der Waals surface area (Å²) >= 11 is 1.60. The van der Waals surface area contributed by atoms with Gasteiger partial charge in [-0.2, -0.15) is 0 Å². The maximum atomic E-state index is 6.14. The van der Waals surface area contributed by atoms with Crippen molar-refractivity contribution in [2.75, 3.05) is 13.1 Å². The SMILES string of the molecule is N/C(=C\C=C(/N)Sc1ccc(C2CC2)cc1)CC1CCNCC1. The second-order valence-electron chi connectivity index (χ2n) is 6.65. The summed E-state index contributed by atoms with van der Waals surface area (Å²) in [5.41, 5.74) is 14.6. The van der Waals surface area contributed by atoms with Crippen LogP contribution in [-0.4, -0.2) is 13.1 Å². The molecule has 0 radical (unpaired) electrons. The Balaban J connectivity index is 1.50. The molecule has 1 heterocycles. The first-order chi connectivity index (χ1) is 11.2.